The molecule has 0 spiro atoms. The van der Waals surface area contributed by atoms with Crippen LogP contribution in [0.5, 0.6) is 17.2 Å². The van der Waals surface area contributed by atoms with Gasteiger partial charge in [-0.1, -0.05) is 6.07 Å². The molecular formula is C21H23N3O4. The summed E-state index contributed by atoms with van der Waals surface area (Å²) in [5, 5.41) is 7.41. The van der Waals surface area contributed by atoms with Crippen LogP contribution in [0.15, 0.2) is 48.5 Å². The number of aromatic nitrogens is 2. The second-order valence-corrected chi connectivity index (χ2v) is 6.20. The molecule has 0 bridgehead atoms. The number of anilines is 1. The van der Waals surface area contributed by atoms with Gasteiger partial charge in [-0.25, -0.2) is 4.68 Å². The Morgan fingerprint density at radius 2 is 1.68 bits per heavy atom. The zero-order valence-electron chi connectivity index (χ0n) is 16.4. The lowest BCUT2D eigenvalue weighted by atomic mass is 10.2. The zero-order chi connectivity index (χ0) is 20.1. The maximum Gasteiger partial charge on any atom is 0.256 e. The number of amides is 1. The Morgan fingerprint density at radius 1 is 0.964 bits per heavy atom. The first kappa shape index (κ1) is 19.3. The van der Waals surface area contributed by atoms with Crippen molar-refractivity contribution in [2.75, 3.05) is 26.6 Å². The lowest BCUT2D eigenvalue weighted by Crippen LogP contribution is -2.16. The molecule has 0 radical (unpaired) electrons. The second-order valence-electron chi connectivity index (χ2n) is 6.20. The van der Waals surface area contributed by atoms with Gasteiger partial charge in [-0.15, -0.1) is 0 Å². The summed E-state index contributed by atoms with van der Waals surface area (Å²) in [6, 6.07) is 14.5. The molecule has 7 heteroatoms. The van der Waals surface area contributed by atoms with Crippen LogP contribution in [-0.2, 0) is 6.54 Å². The van der Waals surface area contributed by atoms with E-state index in [9.17, 15) is 4.79 Å². The molecule has 1 amide bonds. The van der Waals surface area contributed by atoms with Gasteiger partial charge in [0.05, 0.1) is 33.6 Å². The van der Waals surface area contributed by atoms with Crippen LogP contribution in [0.25, 0.3) is 0 Å². The van der Waals surface area contributed by atoms with Gasteiger partial charge in [-0.2, -0.15) is 5.10 Å². The molecular weight excluding hydrogens is 358 g/mol. The normalized spacial score (nSPS) is 10.4. The summed E-state index contributed by atoms with van der Waals surface area (Å²) in [4.78, 5) is 12.6. The summed E-state index contributed by atoms with van der Waals surface area (Å²) in [6.45, 7) is 2.36. The summed E-state index contributed by atoms with van der Waals surface area (Å²) in [7, 11) is 4.78. The Kier molecular flexibility index (Phi) is 5.84. The van der Waals surface area contributed by atoms with Gasteiger partial charge in [0, 0.05) is 11.6 Å². The van der Waals surface area contributed by atoms with Crippen LogP contribution in [0, 0.1) is 6.92 Å². The third-order valence-corrected chi connectivity index (χ3v) is 4.28. The van der Waals surface area contributed by atoms with Crippen molar-refractivity contribution in [2.24, 2.45) is 0 Å². The fourth-order valence-corrected chi connectivity index (χ4v) is 2.85. The lowest BCUT2D eigenvalue weighted by molar-refractivity contribution is 0.102. The molecule has 1 aromatic heterocycles. The molecule has 0 aliphatic carbocycles. The van der Waals surface area contributed by atoms with Crippen molar-refractivity contribution >= 4 is 11.7 Å². The summed E-state index contributed by atoms with van der Waals surface area (Å²) in [5.41, 5.74) is 2.32. The Hall–Kier alpha value is -3.48. The van der Waals surface area contributed by atoms with Gasteiger partial charge in [0.2, 0.25) is 0 Å². The molecule has 0 aliphatic rings. The minimum absolute atomic E-state index is 0.212. The van der Waals surface area contributed by atoms with Crippen molar-refractivity contribution < 1.29 is 19.0 Å². The van der Waals surface area contributed by atoms with Crippen molar-refractivity contribution in [1.29, 1.82) is 0 Å². The van der Waals surface area contributed by atoms with E-state index < -0.39 is 0 Å². The molecule has 1 N–H and O–H groups in total. The highest BCUT2D eigenvalue weighted by molar-refractivity contribution is 6.03. The maximum atomic E-state index is 12.6. The number of carbonyl (C=O) groups excluding carboxylic acids is 1. The van der Waals surface area contributed by atoms with E-state index in [2.05, 4.69) is 10.4 Å². The fraction of sp³-hybridized carbons (Fsp3) is 0.238. The fourth-order valence-electron chi connectivity index (χ4n) is 2.85. The van der Waals surface area contributed by atoms with Gasteiger partial charge in [0.25, 0.3) is 5.91 Å². The number of hydrogen-bond donors (Lipinski definition) is 1. The standard InChI is InChI=1S/C21H23N3O4/c1-14-11-20(22-21(25)16-6-8-17(26-2)9-7-16)24(23-14)13-15-5-10-18(27-3)19(12-15)28-4/h5-12H,13H2,1-4H3,(H,22,25). The van der Waals surface area contributed by atoms with Crippen molar-refractivity contribution in [2.45, 2.75) is 13.5 Å². The SMILES string of the molecule is COc1ccc(C(=O)Nc2cc(C)nn2Cc2ccc(OC)c(OC)c2)cc1. The minimum atomic E-state index is -0.212. The van der Waals surface area contributed by atoms with Crippen LogP contribution in [0.2, 0.25) is 0 Å². The van der Waals surface area contributed by atoms with Gasteiger partial charge in [0.1, 0.15) is 11.6 Å². The van der Waals surface area contributed by atoms with Crippen LogP contribution in [0.1, 0.15) is 21.6 Å². The molecule has 3 aromatic rings. The molecule has 0 fully saturated rings. The maximum absolute atomic E-state index is 12.6. The molecule has 2 aromatic carbocycles. The Morgan fingerprint density at radius 3 is 2.32 bits per heavy atom. The predicted molar refractivity (Wildman–Crippen MR) is 107 cm³/mol. The van der Waals surface area contributed by atoms with Crippen molar-refractivity contribution in [3.8, 4) is 17.2 Å². The first-order chi connectivity index (χ1) is 13.5. The van der Waals surface area contributed by atoms with Crippen LogP contribution in [0.3, 0.4) is 0 Å². The molecule has 28 heavy (non-hydrogen) atoms. The summed E-state index contributed by atoms with van der Waals surface area (Å²) in [6.07, 6.45) is 0. The number of hydrogen-bond acceptors (Lipinski definition) is 5. The molecule has 0 saturated heterocycles. The monoisotopic (exact) mass is 381 g/mol. The van der Waals surface area contributed by atoms with Crippen molar-refractivity contribution in [3.05, 3.63) is 65.4 Å². The molecule has 0 unspecified atom stereocenters. The van der Waals surface area contributed by atoms with Crippen LogP contribution in [-0.4, -0.2) is 37.0 Å². The number of benzene rings is 2. The average Bonchev–Trinajstić information content (AvgIpc) is 3.06. The number of methoxy groups -OCH3 is 3. The Bertz CT molecular complexity index is 964. The highest BCUT2D eigenvalue weighted by Crippen LogP contribution is 2.28. The van der Waals surface area contributed by atoms with Crippen LogP contribution < -0.4 is 19.5 Å². The second kappa shape index (κ2) is 8.47. The van der Waals surface area contributed by atoms with E-state index in [-0.39, 0.29) is 5.91 Å². The molecule has 7 nitrogen and oxygen atoms in total. The molecule has 0 aliphatic heterocycles. The molecule has 146 valence electrons. The molecule has 0 saturated carbocycles. The Balaban J connectivity index is 1.80. The lowest BCUT2D eigenvalue weighted by Gasteiger charge is -2.12. The van der Waals surface area contributed by atoms with E-state index in [0.29, 0.717) is 35.2 Å². The van der Waals surface area contributed by atoms with Gasteiger partial charge in [-0.05, 0) is 48.9 Å². The van der Waals surface area contributed by atoms with Gasteiger partial charge < -0.3 is 19.5 Å². The third-order valence-electron chi connectivity index (χ3n) is 4.28. The highest BCUT2D eigenvalue weighted by atomic mass is 16.5. The van der Waals surface area contributed by atoms with E-state index in [1.807, 2.05) is 31.2 Å². The molecule has 0 atom stereocenters. The van der Waals surface area contributed by atoms with Crippen LogP contribution in [0.4, 0.5) is 5.82 Å². The molecule has 3 rings (SSSR count). The van der Waals surface area contributed by atoms with Gasteiger partial charge in [-0.3, -0.25) is 4.79 Å². The summed E-state index contributed by atoms with van der Waals surface area (Å²) in [5.74, 6) is 2.42. The van der Waals surface area contributed by atoms with Crippen LogP contribution >= 0.6 is 0 Å². The van der Waals surface area contributed by atoms with Gasteiger partial charge >= 0.3 is 0 Å². The first-order valence-corrected chi connectivity index (χ1v) is 8.74. The smallest absolute Gasteiger partial charge is 0.256 e. The van der Waals surface area contributed by atoms with Crippen molar-refractivity contribution in [1.82, 2.24) is 9.78 Å². The number of aryl methyl sites for hydroxylation is 1. The molecule has 1 heterocycles. The van der Waals surface area contributed by atoms with E-state index in [0.717, 1.165) is 11.3 Å². The predicted octanol–water partition coefficient (Wildman–Crippen LogP) is 3.52. The summed E-state index contributed by atoms with van der Waals surface area (Å²) >= 11 is 0. The number of carbonyl (C=O) groups is 1. The number of rotatable bonds is 7. The zero-order valence-corrected chi connectivity index (χ0v) is 16.4. The largest absolute Gasteiger partial charge is 0.497 e. The quantitative estimate of drug-likeness (QED) is 0.678. The number of nitrogens with zero attached hydrogens (tertiary/aromatic N) is 2. The van der Waals surface area contributed by atoms with Gasteiger partial charge in [0.15, 0.2) is 11.5 Å². The van der Waals surface area contributed by atoms with E-state index in [1.165, 1.54) is 0 Å². The van der Waals surface area contributed by atoms with E-state index in [4.69, 9.17) is 14.2 Å². The van der Waals surface area contributed by atoms with Crippen molar-refractivity contribution in [3.63, 3.8) is 0 Å². The highest BCUT2D eigenvalue weighted by Gasteiger charge is 2.13. The third kappa shape index (κ3) is 4.25. The summed E-state index contributed by atoms with van der Waals surface area (Å²) < 4.78 is 17.5. The topological polar surface area (TPSA) is 74.6 Å². The Labute approximate surface area is 163 Å². The van der Waals surface area contributed by atoms with E-state index in [1.54, 1.807) is 50.3 Å². The minimum Gasteiger partial charge on any atom is -0.497 e. The van der Waals surface area contributed by atoms with E-state index >= 15 is 0 Å². The number of nitrogens with one attached hydrogen (secondary N) is 1. The number of ether oxygens (including phenoxy) is 3. The first-order valence-electron chi connectivity index (χ1n) is 8.74. The average molecular weight is 381 g/mol.